The number of hydrogen-bond donors (Lipinski definition) is 1. The molecule has 3 aromatic carbocycles. The van der Waals surface area contributed by atoms with E-state index in [1.165, 1.54) is 6.92 Å². The Bertz CT molecular complexity index is 1110. The van der Waals surface area contributed by atoms with Gasteiger partial charge in [0.15, 0.2) is 5.78 Å². The Morgan fingerprint density at radius 3 is 2.34 bits per heavy atom. The fraction of sp³-hybridized carbons (Fsp3) is 0.0870. The average Bonchev–Trinajstić information content (AvgIpc) is 3.08. The number of carbonyl (C=O) groups is 2. The van der Waals surface area contributed by atoms with Crippen LogP contribution in [0.2, 0.25) is 5.02 Å². The standard InChI is InChI=1S/C23H18ClN3O2/c1-15(28)16-6-12-20(13-7-16)27-14-17-4-2-3-5-21(17)22(27)26-23(29)25-19-10-8-18(24)9-11-19/h2-13H,14H2,1H3,(H,25,29)/b26-22+. The molecule has 0 saturated carbocycles. The van der Waals surface area contributed by atoms with Gasteiger partial charge in [0.05, 0.1) is 6.54 Å². The van der Waals surface area contributed by atoms with E-state index in [1.807, 2.05) is 41.3 Å². The molecule has 0 saturated heterocycles. The molecular weight excluding hydrogens is 386 g/mol. The third-order valence-corrected chi connectivity index (χ3v) is 4.98. The second-order valence-corrected chi connectivity index (χ2v) is 7.16. The van der Waals surface area contributed by atoms with Crippen LogP contribution in [0.4, 0.5) is 16.2 Å². The van der Waals surface area contributed by atoms with Gasteiger partial charge < -0.3 is 10.2 Å². The van der Waals surface area contributed by atoms with Crippen molar-refractivity contribution in [2.24, 2.45) is 4.99 Å². The Morgan fingerprint density at radius 2 is 1.66 bits per heavy atom. The minimum atomic E-state index is -0.468. The van der Waals surface area contributed by atoms with E-state index in [1.54, 1.807) is 36.4 Å². The summed E-state index contributed by atoms with van der Waals surface area (Å²) in [7, 11) is 0. The molecule has 1 aliphatic rings. The molecule has 0 aliphatic carbocycles. The van der Waals surface area contributed by atoms with Gasteiger partial charge in [0, 0.05) is 27.5 Å². The second kappa shape index (κ2) is 7.89. The van der Waals surface area contributed by atoms with Gasteiger partial charge in [-0.05, 0) is 61.0 Å². The fourth-order valence-electron chi connectivity index (χ4n) is 3.26. The zero-order valence-electron chi connectivity index (χ0n) is 15.7. The smallest absolute Gasteiger partial charge is 0.321 e. The van der Waals surface area contributed by atoms with Gasteiger partial charge in [-0.25, -0.2) is 4.79 Å². The number of amides is 2. The van der Waals surface area contributed by atoms with Gasteiger partial charge in [-0.1, -0.05) is 35.9 Å². The van der Waals surface area contributed by atoms with Crippen LogP contribution in [0.25, 0.3) is 0 Å². The van der Waals surface area contributed by atoms with Gasteiger partial charge in [0.1, 0.15) is 5.84 Å². The van der Waals surface area contributed by atoms with Gasteiger partial charge in [0.2, 0.25) is 0 Å². The number of nitrogens with zero attached hydrogens (tertiary/aromatic N) is 2. The van der Waals surface area contributed by atoms with E-state index in [4.69, 9.17) is 11.6 Å². The van der Waals surface area contributed by atoms with Crippen LogP contribution in [0, 0.1) is 0 Å². The third-order valence-electron chi connectivity index (χ3n) is 4.73. The molecule has 0 spiro atoms. The van der Waals surface area contributed by atoms with Gasteiger partial charge in [-0.2, -0.15) is 4.99 Å². The second-order valence-electron chi connectivity index (χ2n) is 6.72. The molecular formula is C23H18ClN3O2. The summed E-state index contributed by atoms with van der Waals surface area (Å²) in [6.07, 6.45) is 0. The molecule has 2 amide bonds. The van der Waals surface area contributed by atoms with Crippen molar-refractivity contribution in [3.63, 3.8) is 0 Å². The van der Waals surface area contributed by atoms with Crippen LogP contribution < -0.4 is 10.2 Å². The molecule has 0 unspecified atom stereocenters. The number of Topliss-reactive ketones (excluding diaryl/α,β-unsaturated/α-hetero) is 1. The van der Waals surface area contributed by atoms with Gasteiger partial charge in [-0.3, -0.25) is 4.79 Å². The number of halogens is 1. The number of amidine groups is 1. The zero-order chi connectivity index (χ0) is 20.4. The maximum absolute atomic E-state index is 12.6. The van der Waals surface area contributed by atoms with Crippen LogP contribution in [-0.2, 0) is 6.54 Å². The minimum absolute atomic E-state index is 0.0116. The number of carbonyl (C=O) groups excluding carboxylic acids is 2. The number of hydrogen-bond acceptors (Lipinski definition) is 2. The lowest BCUT2D eigenvalue weighted by Crippen LogP contribution is -2.26. The predicted octanol–water partition coefficient (Wildman–Crippen LogP) is 5.54. The highest BCUT2D eigenvalue weighted by Crippen LogP contribution is 2.29. The quantitative estimate of drug-likeness (QED) is 0.584. The molecule has 1 heterocycles. The maximum Gasteiger partial charge on any atom is 0.347 e. The molecule has 0 atom stereocenters. The Labute approximate surface area is 173 Å². The normalized spacial score (nSPS) is 14.0. The number of rotatable bonds is 3. The van der Waals surface area contributed by atoms with Crippen LogP contribution in [0.15, 0.2) is 77.8 Å². The number of benzene rings is 3. The van der Waals surface area contributed by atoms with E-state index < -0.39 is 6.03 Å². The van der Waals surface area contributed by atoms with Crippen LogP contribution >= 0.6 is 11.6 Å². The molecule has 0 bridgehead atoms. The third kappa shape index (κ3) is 4.05. The van der Waals surface area contributed by atoms with Gasteiger partial charge >= 0.3 is 6.03 Å². The first-order chi connectivity index (χ1) is 14.0. The monoisotopic (exact) mass is 403 g/mol. The van der Waals surface area contributed by atoms with E-state index in [-0.39, 0.29) is 5.78 Å². The predicted molar refractivity (Wildman–Crippen MR) is 116 cm³/mol. The highest BCUT2D eigenvalue weighted by molar-refractivity contribution is 6.30. The Kier molecular flexibility index (Phi) is 5.14. The van der Waals surface area contributed by atoms with Crippen LogP contribution in [0.3, 0.4) is 0 Å². The van der Waals surface area contributed by atoms with Gasteiger partial charge in [-0.15, -0.1) is 0 Å². The van der Waals surface area contributed by atoms with Crippen molar-refractivity contribution in [1.82, 2.24) is 0 Å². The first kappa shape index (κ1) is 18.9. The lowest BCUT2D eigenvalue weighted by molar-refractivity contribution is 0.101. The van der Waals surface area contributed by atoms with Crippen LogP contribution in [0.1, 0.15) is 28.4 Å². The van der Waals surface area contributed by atoms with Crippen molar-refractivity contribution in [2.45, 2.75) is 13.5 Å². The van der Waals surface area contributed by atoms with Crippen molar-refractivity contribution in [1.29, 1.82) is 0 Å². The van der Waals surface area contributed by atoms with E-state index in [0.717, 1.165) is 16.8 Å². The topological polar surface area (TPSA) is 61.8 Å². The van der Waals surface area contributed by atoms with E-state index >= 15 is 0 Å². The zero-order valence-corrected chi connectivity index (χ0v) is 16.5. The van der Waals surface area contributed by atoms with Crippen LogP contribution in [-0.4, -0.2) is 17.6 Å². The number of aliphatic imine (C=N–C) groups is 1. The molecule has 4 rings (SSSR count). The summed E-state index contributed by atoms with van der Waals surface area (Å²) >= 11 is 5.89. The van der Waals surface area contributed by atoms with Gasteiger partial charge in [0.25, 0.3) is 0 Å². The molecule has 6 heteroatoms. The van der Waals surface area contributed by atoms with Crippen molar-refractivity contribution in [3.05, 3.63) is 94.5 Å². The summed E-state index contributed by atoms with van der Waals surface area (Å²) in [5, 5.41) is 3.36. The summed E-state index contributed by atoms with van der Waals surface area (Å²) in [5.41, 5.74) is 4.12. The van der Waals surface area contributed by atoms with Crippen molar-refractivity contribution in [2.75, 3.05) is 10.2 Å². The SMILES string of the molecule is CC(=O)c1ccc(N2Cc3ccccc3/C2=N\C(=O)Nc2ccc(Cl)cc2)cc1. The number of nitrogens with one attached hydrogen (secondary N) is 1. The molecule has 0 aromatic heterocycles. The summed E-state index contributed by atoms with van der Waals surface area (Å²) in [6.45, 7) is 2.14. The minimum Gasteiger partial charge on any atom is -0.321 e. The largest absolute Gasteiger partial charge is 0.347 e. The highest BCUT2D eigenvalue weighted by Gasteiger charge is 2.27. The van der Waals surface area contributed by atoms with E-state index in [2.05, 4.69) is 10.3 Å². The Balaban J connectivity index is 1.66. The molecule has 1 aliphatic heterocycles. The first-order valence-corrected chi connectivity index (χ1v) is 9.51. The molecule has 0 fully saturated rings. The van der Waals surface area contributed by atoms with E-state index in [0.29, 0.717) is 28.7 Å². The molecule has 3 aromatic rings. The Morgan fingerprint density at radius 1 is 0.966 bits per heavy atom. The first-order valence-electron chi connectivity index (χ1n) is 9.13. The van der Waals surface area contributed by atoms with Crippen LogP contribution in [0.5, 0.6) is 0 Å². The number of fused-ring (bicyclic) bond motifs is 1. The van der Waals surface area contributed by atoms with Crippen molar-refractivity contribution < 1.29 is 9.59 Å². The lowest BCUT2D eigenvalue weighted by Gasteiger charge is -2.19. The number of urea groups is 1. The van der Waals surface area contributed by atoms with E-state index in [9.17, 15) is 9.59 Å². The average molecular weight is 404 g/mol. The molecule has 144 valence electrons. The van der Waals surface area contributed by atoms with Crippen molar-refractivity contribution >= 4 is 40.6 Å². The molecule has 0 radical (unpaired) electrons. The number of anilines is 2. The Hall–Kier alpha value is -3.44. The maximum atomic E-state index is 12.6. The molecule has 5 nitrogen and oxygen atoms in total. The fourth-order valence-corrected chi connectivity index (χ4v) is 3.38. The summed E-state index contributed by atoms with van der Waals surface area (Å²) in [4.78, 5) is 30.5. The summed E-state index contributed by atoms with van der Waals surface area (Å²) in [6, 6.07) is 21.6. The highest BCUT2D eigenvalue weighted by atomic mass is 35.5. The van der Waals surface area contributed by atoms with Crippen molar-refractivity contribution in [3.8, 4) is 0 Å². The summed E-state index contributed by atoms with van der Waals surface area (Å²) < 4.78 is 0. The lowest BCUT2D eigenvalue weighted by atomic mass is 10.1. The molecule has 29 heavy (non-hydrogen) atoms. The number of ketones is 1. The summed E-state index contributed by atoms with van der Waals surface area (Å²) in [5.74, 6) is 0.583. The molecule has 1 N–H and O–H groups in total.